The first-order valence-corrected chi connectivity index (χ1v) is 4.35. The minimum Gasteiger partial charge on any atom is -0.399 e. The van der Waals surface area contributed by atoms with Gasteiger partial charge in [-0.15, -0.1) is 0 Å². The zero-order valence-corrected chi connectivity index (χ0v) is 8.55. The van der Waals surface area contributed by atoms with E-state index in [2.05, 4.69) is 15.9 Å². The molecule has 1 rings (SSSR count). The third-order valence-corrected chi connectivity index (χ3v) is 2.23. The van der Waals surface area contributed by atoms with Gasteiger partial charge in [-0.05, 0) is 35.0 Å². The number of Topliss-reactive ketones (excluding diaryl/α,β-unsaturated/α-hetero) is 1. The van der Waals surface area contributed by atoms with Crippen molar-refractivity contribution in [2.75, 3.05) is 5.73 Å². The molecule has 0 aliphatic carbocycles. The fraction of sp³-hybridized carbons (Fsp3) is 0.111. The number of hydrogen-bond acceptors (Lipinski definition) is 3. The lowest BCUT2D eigenvalue weighted by atomic mass is 10.0. The zero-order chi connectivity index (χ0) is 10.0. The highest BCUT2D eigenvalue weighted by atomic mass is 79.9. The van der Waals surface area contributed by atoms with Crippen LogP contribution >= 0.6 is 15.9 Å². The van der Waals surface area contributed by atoms with E-state index in [4.69, 9.17) is 11.0 Å². The predicted octanol–water partition coefficient (Wildman–Crippen LogP) is 2.11. The number of carbonyl (C=O) groups is 1. The molecule has 0 aliphatic rings. The Balaban J connectivity index is 3.50. The summed E-state index contributed by atoms with van der Waals surface area (Å²) in [6.07, 6.45) is 0. The van der Waals surface area contributed by atoms with Crippen LogP contribution in [0.2, 0.25) is 0 Å². The van der Waals surface area contributed by atoms with Gasteiger partial charge in [-0.3, -0.25) is 4.79 Å². The van der Waals surface area contributed by atoms with Crippen LogP contribution in [0.1, 0.15) is 22.8 Å². The number of nitrogen functional groups attached to an aromatic ring is 1. The molecule has 2 N–H and O–H groups in total. The van der Waals surface area contributed by atoms with Gasteiger partial charge in [0.25, 0.3) is 0 Å². The van der Waals surface area contributed by atoms with Crippen molar-refractivity contribution >= 4 is 27.4 Å². The fourth-order valence-corrected chi connectivity index (χ4v) is 1.59. The Morgan fingerprint density at radius 3 is 2.69 bits per heavy atom. The number of carbonyl (C=O) groups excluding carboxylic acids is 1. The first kappa shape index (κ1) is 9.75. The van der Waals surface area contributed by atoms with Gasteiger partial charge < -0.3 is 5.73 Å². The maximum Gasteiger partial charge on any atom is 0.161 e. The molecule has 0 aliphatic heterocycles. The van der Waals surface area contributed by atoms with Crippen LogP contribution in [-0.4, -0.2) is 5.78 Å². The van der Waals surface area contributed by atoms with Crippen molar-refractivity contribution < 1.29 is 4.79 Å². The first-order chi connectivity index (χ1) is 6.06. The number of hydrogen-bond donors (Lipinski definition) is 1. The maximum atomic E-state index is 11.1. The summed E-state index contributed by atoms with van der Waals surface area (Å²) in [7, 11) is 0. The van der Waals surface area contributed by atoms with Crippen molar-refractivity contribution in [3.63, 3.8) is 0 Å². The molecule has 0 unspecified atom stereocenters. The van der Waals surface area contributed by atoms with E-state index < -0.39 is 0 Å². The number of anilines is 1. The Kier molecular flexibility index (Phi) is 2.69. The number of halogens is 1. The van der Waals surface area contributed by atoms with Crippen LogP contribution in [0.5, 0.6) is 0 Å². The average Bonchev–Trinajstić information content (AvgIpc) is 2.02. The van der Waals surface area contributed by atoms with Crippen LogP contribution in [0.3, 0.4) is 0 Å². The largest absolute Gasteiger partial charge is 0.399 e. The summed E-state index contributed by atoms with van der Waals surface area (Å²) in [5.74, 6) is -0.162. The minimum absolute atomic E-state index is 0.162. The van der Waals surface area contributed by atoms with Crippen molar-refractivity contribution in [1.82, 2.24) is 0 Å². The number of nitrogens with zero attached hydrogens (tertiary/aromatic N) is 1. The monoisotopic (exact) mass is 238 g/mol. The van der Waals surface area contributed by atoms with Gasteiger partial charge in [0.15, 0.2) is 5.78 Å². The molecule has 4 heteroatoms. The number of nitrogens with two attached hydrogens (primary N) is 1. The lowest BCUT2D eigenvalue weighted by molar-refractivity contribution is 0.101. The lowest BCUT2D eigenvalue weighted by Crippen LogP contribution is -1.99. The molecule has 3 nitrogen and oxygen atoms in total. The van der Waals surface area contributed by atoms with E-state index in [1.165, 1.54) is 13.0 Å². The summed E-state index contributed by atoms with van der Waals surface area (Å²) in [4.78, 5) is 11.1. The van der Waals surface area contributed by atoms with Crippen molar-refractivity contribution in [2.24, 2.45) is 0 Å². The molecule has 0 radical (unpaired) electrons. The Hall–Kier alpha value is -1.34. The summed E-state index contributed by atoms with van der Waals surface area (Å²) in [6, 6.07) is 5.06. The highest BCUT2D eigenvalue weighted by Crippen LogP contribution is 2.23. The van der Waals surface area contributed by atoms with Crippen molar-refractivity contribution in [1.29, 1.82) is 5.26 Å². The summed E-state index contributed by atoms with van der Waals surface area (Å²) >= 11 is 3.17. The zero-order valence-electron chi connectivity index (χ0n) is 6.97. The van der Waals surface area contributed by atoms with E-state index in [0.717, 1.165) is 0 Å². The number of benzene rings is 1. The van der Waals surface area contributed by atoms with Crippen LogP contribution in [0, 0.1) is 11.3 Å². The van der Waals surface area contributed by atoms with E-state index in [0.29, 0.717) is 21.3 Å². The molecular weight excluding hydrogens is 232 g/mol. The summed E-state index contributed by atoms with van der Waals surface area (Å²) in [5.41, 5.74) is 6.69. The van der Waals surface area contributed by atoms with Crippen LogP contribution in [-0.2, 0) is 0 Å². The van der Waals surface area contributed by atoms with Crippen LogP contribution in [0.4, 0.5) is 5.69 Å². The van der Waals surface area contributed by atoms with E-state index >= 15 is 0 Å². The van der Waals surface area contributed by atoms with E-state index in [1.54, 1.807) is 6.07 Å². The normalized spacial score (nSPS) is 9.31. The second kappa shape index (κ2) is 3.58. The third-order valence-electron chi connectivity index (χ3n) is 1.60. The Morgan fingerprint density at radius 2 is 2.23 bits per heavy atom. The molecule has 0 spiro atoms. The number of rotatable bonds is 1. The minimum atomic E-state index is -0.162. The average molecular weight is 239 g/mol. The molecule has 0 saturated carbocycles. The van der Waals surface area contributed by atoms with Crippen LogP contribution in [0.25, 0.3) is 0 Å². The number of nitriles is 1. The molecule has 66 valence electrons. The molecule has 0 atom stereocenters. The van der Waals surface area contributed by atoms with Gasteiger partial charge in [-0.2, -0.15) is 5.26 Å². The van der Waals surface area contributed by atoms with Crippen LogP contribution in [0.15, 0.2) is 16.6 Å². The van der Waals surface area contributed by atoms with Crippen LogP contribution < -0.4 is 5.73 Å². The summed E-state index contributed by atoms with van der Waals surface area (Å²) in [6.45, 7) is 1.40. The third kappa shape index (κ3) is 1.87. The standard InChI is InChI=1S/C9H7BrN2O/c1-5(13)7-2-6(12)3-9(10)8(7)4-11/h2-3H,12H2,1H3. The second-order valence-electron chi connectivity index (χ2n) is 2.59. The van der Waals surface area contributed by atoms with Gasteiger partial charge >= 0.3 is 0 Å². The Bertz CT molecular complexity index is 407. The highest BCUT2D eigenvalue weighted by molar-refractivity contribution is 9.10. The molecule has 1 aromatic rings. The van der Waals surface area contributed by atoms with Gasteiger partial charge in [0.2, 0.25) is 0 Å². The van der Waals surface area contributed by atoms with Gasteiger partial charge in [-0.25, -0.2) is 0 Å². The molecule has 1 aromatic carbocycles. The molecule has 0 heterocycles. The summed E-state index contributed by atoms with van der Waals surface area (Å²) < 4.78 is 0.556. The van der Waals surface area contributed by atoms with E-state index in [1.807, 2.05) is 6.07 Å². The maximum absolute atomic E-state index is 11.1. The molecular formula is C9H7BrN2O. The summed E-state index contributed by atoms with van der Waals surface area (Å²) in [5, 5.41) is 8.77. The van der Waals surface area contributed by atoms with Crippen molar-refractivity contribution in [2.45, 2.75) is 6.92 Å². The smallest absolute Gasteiger partial charge is 0.161 e. The van der Waals surface area contributed by atoms with Gasteiger partial charge in [0.1, 0.15) is 6.07 Å². The molecule has 0 saturated heterocycles. The molecule has 0 bridgehead atoms. The molecule has 0 aromatic heterocycles. The topological polar surface area (TPSA) is 66.9 Å². The molecule has 13 heavy (non-hydrogen) atoms. The van der Waals surface area contributed by atoms with Gasteiger partial charge in [0.05, 0.1) is 5.56 Å². The lowest BCUT2D eigenvalue weighted by Gasteiger charge is -2.03. The van der Waals surface area contributed by atoms with E-state index in [9.17, 15) is 4.79 Å². The number of ketones is 1. The SMILES string of the molecule is CC(=O)c1cc(N)cc(Br)c1C#N. The predicted molar refractivity (Wildman–Crippen MR) is 53.3 cm³/mol. The highest BCUT2D eigenvalue weighted by Gasteiger charge is 2.11. The Morgan fingerprint density at radius 1 is 1.62 bits per heavy atom. The fourth-order valence-electron chi connectivity index (χ4n) is 1.02. The van der Waals surface area contributed by atoms with Crippen molar-refractivity contribution in [3.05, 3.63) is 27.7 Å². The molecule has 0 fully saturated rings. The van der Waals surface area contributed by atoms with Gasteiger partial charge in [0, 0.05) is 15.7 Å². The first-order valence-electron chi connectivity index (χ1n) is 3.56. The van der Waals surface area contributed by atoms with Crippen molar-refractivity contribution in [3.8, 4) is 6.07 Å². The quantitative estimate of drug-likeness (QED) is 0.602. The second-order valence-corrected chi connectivity index (χ2v) is 3.45. The molecule has 0 amide bonds. The Labute approximate surface area is 84.3 Å². The van der Waals surface area contributed by atoms with Gasteiger partial charge in [-0.1, -0.05) is 0 Å². The van der Waals surface area contributed by atoms with E-state index in [-0.39, 0.29) is 5.78 Å².